The number of nitrogens with zero attached hydrogens (tertiary/aromatic N) is 2. The van der Waals surface area contributed by atoms with Gasteiger partial charge in [0, 0.05) is 55.0 Å². The molecule has 0 bridgehead atoms. The number of hydrogen-bond acceptors (Lipinski definition) is 1. The predicted molar refractivity (Wildman–Crippen MR) is 148 cm³/mol. The highest BCUT2D eigenvalue weighted by Gasteiger charge is 2.43. The molecule has 2 nitrogen and oxygen atoms in total. The van der Waals surface area contributed by atoms with Crippen molar-refractivity contribution in [2.75, 3.05) is 19.0 Å². The Balaban J connectivity index is 1.63. The summed E-state index contributed by atoms with van der Waals surface area (Å²) in [4.78, 5) is 2.29. The second-order valence-corrected chi connectivity index (χ2v) is 12.3. The topological polar surface area (TPSA) is 6.25 Å². The molecule has 2 aliphatic heterocycles. The molecule has 0 spiro atoms. The summed E-state index contributed by atoms with van der Waals surface area (Å²) in [6.45, 7) is 9.14. The molecule has 0 saturated heterocycles. The molecule has 0 amide bonds. The summed E-state index contributed by atoms with van der Waals surface area (Å²) in [5, 5.41) is 0. The van der Waals surface area contributed by atoms with E-state index in [1.165, 1.54) is 33.9 Å². The number of rotatable bonds is 3. The van der Waals surface area contributed by atoms with Crippen LogP contribution in [0.15, 0.2) is 79.8 Å². The molecule has 0 radical (unpaired) electrons. The van der Waals surface area contributed by atoms with Crippen molar-refractivity contribution in [2.24, 2.45) is 0 Å². The van der Waals surface area contributed by atoms with Gasteiger partial charge in [0.05, 0.1) is 5.41 Å². The Bertz CT molecular complexity index is 1230. The third-order valence-electron chi connectivity index (χ3n) is 6.79. The monoisotopic (exact) mass is 617 g/mol. The summed E-state index contributed by atoms with van der Waals surface area (Å²) in [6, 6.07) is 13.1. The van der Waals surface area contributed by atoms with Gasteiger partial charge < -0.3 is 4.90 Å². The first kappa shape index (κ1) is 23.7. The third kappa shape index (κ3) is 3.91. The lowest BCUT2D eigenvalue weighted by atomic mass is 9.81. The van der Waals surface area contributed by atoms with Crippen molar-refractivity contribution in [2.45, 2.75) is 38.5 Å². The van der Waals surface area contributed by atoms with E-state index in [0.29, 0.717) is 0 Å². The molecule has 0 unspecified atom stereocenters. The average molecular weight is 620 g/mol. The Morgan fingerprint density at radius 2 is 1.56 bits per heavy atom. The standard InChI is InChI=1S/C27H28Br3N2/c1-26(2)20-15-18(29)7-11-22(20)31(5)24(26)13-9-17(28)10-14-25-27(3,4)21-16-19(30)8-12-23(21)32(25)6/h7-16H,1-6H3/q+1. The van der Waals surface area contributed by atoms with Gasteiger partial charge in [-0.1, -0.05) is 61.6 Å². The Labute approximate surface area is 216 Å². The second kappa shape index (κ2) is 8.41. The minimum Gasteiger partial charge on any atom is -0.347 e. The first-order chi connectivity index (χ1) is 14.9. The molecule has 2 aliphatic rings. The van der Waals surface area contributed by atoms with Gasteiger partial charge in [-0.15, -0.1) is 0 Å². The molecule has 2 aromatic rings. The van der Waals surface area contributed by atoms with Crippen molar-refractivity contribution in [3.05, 3.63) is 91.0 Å². The van der Waals surface area contributed by atoms with E-state index in [2.05, 4.69) is 160 Å². The summed E-state index contributed by atoms with van der Waals surface area (Å²) < 4.78 is 5.57. The summed E-state index contributed by atoms with van der Waals surface area (Å²) >= 11 is 11.0. The molecule has 0 aromatic heterocycles. The molecule has 0 aliphatic carbocycles. The van der Waals surface area contributed by atoms with Crippen molar-refractivity contribution < 1.29 is 4.58 Å². The van der Waals surface area contributed by atoms with Gasteiger partial charge in [-0.25, -0.2) is 0 Å². The lowest BCUT2D eigenvalue weighted by molar-refractivity contribution is -0.401. The number of anilines is 1. The van der Waals surface area contributed by atoms with Gasteiger partial charge in [-0.2, -0.15) is 4.58 Å². The summed E-state index contributed by atoms with van der Waals surface area (Å²) in [6.07, 6.45) is 8.75. The van der Waals surface area contributed by atoms with E-state index in [0.717, 1.165) is 13.4 Å². The molecule has 2 aromatic carbocycles. The number of halogens is 3. The summed E-state index contributed by atoms with van der Waals surface area (Å²) in [5.74, 6) is 0. The highest BCUT2D eigenvalue weighted by molar-refractivity contribution is 9.12. The van der Waals surface area contributed by atoms with E-state index in [1.54, 1.807) is 0 Å². The Morgan fingerprint density at radius 3 is 2.25 bits per heavy atom. The maximum atomic E-state index is 3.77. The molecule has 2 heterocycles. The van der Waals surface area contributed by atoms with Crippen LogP contribution in [0.5, 0.6) is 0 Å². The van der Waals surface area contributed by atoms with Crippen molar-refractivity contribution in [1.29, 1.82) is 0 Å². The van der Waals surface area contributed by atoms with Crippen LogP contribution in [0.2, 0.25) is 0 Å². The Morgan fingerprint density at radius 1 is 0.938 bits per heavy atom. The van der Waals surface area contributed by atoms with Gasteiger partial charge >= 0.3 is 0 Å². The van der Waals surface area contributed by atoms with Crippen LogP contribution < -0.4 is 4.90 Å². The Hall–Kier alpha value is -1.43. The fourth-order valence-corrected chi connectivity index (χ4v) is 5.98. The lowest BCUT2D eigenvalue weighted by Crippen LogP contribution is -2.26. The Kier molecular flexibility index (Phi) is 6.23. The van der Waals surface area contributed by atoms with Gasteiger partial charge in [0.25, 0.3) is 0 Å². The molecule has 5 heteroatoms. The van der Waals surface area contributed by atoms with E-state index in [9.17, 15) is 0 Å². The molecule has 32 heavy (non-hydrogen) atoms. The molecular weight excluding hydrogens is 592 g/mol. The maximum absolute atomic E-state index is 3.77. The second-order valence-electron chi connectivity index (χ2n) is 9.51. The zero-order chi connectivity index (χ0) is 23.4. The summed E-state index contributed by atoms with van der Waals surface area (Å²) in [5.41, 5.74) is 7.65. The van der Waals surface area contributed by atoms with Crippen molar-refractivity contribution in [3.63, 3.8) is 0 Å². The number of hydrogen-bond donors (Lipinski definition) is 0. The maximum Gasteiger partial charge on any atom is 0.209 e. The van der Waals surface area contributed by atoms with Crippen molar-refractivity contribution >= 4 is 64.9 Å². The molecule has 4 rings (SSSR count). The van der Waals surface area contributed by atoms with E-state index in [-0.39, 0.29) is 10.8 Å². The molecule has 0 atom stereocenters. The first-order valence-electron chi connectivity index (χ1n) is 10.7. The van der Waals surface area contributed by atoms with Crippen molar-refractivity contribution in [3.8, 4) is 0 Å². The van der Waals surface area contributed by atoms with Gasteiger partial charge in [-0.05, 0) is 68.0 Å². The first-order valence-corrected chi connectivity index (χ1v) is 13.0. The van der Waals surface area contributed by atoms with Crippen LogP contribution in [0.1, 0.15) is 38.8 Å². The van der Waals surface area contributed by atoms with E-state index < -0.39 is 0 Å². The summed E-state index contributed by atoms with van der Waals surface area (Å²) in [7, 11) is 4.29. The highest BCUT2D eigenvalue weighted by atomic mass is 79.9. The molecule has 0 N–H and O–H groups in total. The molecule has 0 fully saturated rings. The zero-order valence-corrected chi connectivity index (χ0v) is 24.1. The van der Waals surface area contributed by atoms with Gasteiger partial charge in [-0.3, -0.25) is 0 Å². The van der Waals surface area contributed by atoms with Crippen LogP contribution in [0.3, 0.4) is 0 Å². The van der Waals surface area contributed by atoms with Crippen LogP contribution in [-0.4, -0.2) is 24.4 Å². The molecule has 0 saturated carbocycles. The van der Waals surface area contributed by atoms with Crippen LogP contribution in [0.4, 0.5) is 11.4 Å². The smallest absolute Gasteiger partial charge is 0.209 e. The number of fused-ring (bicyclic) bond motifs is 2. The van der Waals surface area contributed by atoms with Gasteiger partial charge in [0.1, 0.15) is 7.05 Å². The largest absolute Gasteiger partial charge is 0.347 e. The fraction of sp³-hybridized carbons (Fsp3) is 0.296. The minimum absolute atomic E-state index is 0.0567. The van der Waals surface area contributed by atoms with Gasteiger partial charge in [0.2, 0.25) is 5.69 Å². The SMILES string of the molecule is CN1/C(=C/C=C(Br)/C=C/C2=[N+](C)c3ccc(Br)cc3C2(C)C)C(C)(C)c2cc(Br)ccc21. The number of likely N-dealkylation sites (N-methyl/N-ethyl adjacent to an activating group) is 1. The van der Waals surface area contributed by atoms with Gasteiger partial charge in [0.15, 0.2) is 5.71 Å². The predicted octanol–water partition coefficient (Wildman–Crippen LogP) is 8.36. The average Bonchev–Trinajstić information content (AvgIpc) is 3.02. The van der Waals surface area contributed by atoms with Crippen LogP contribution in [-0.2, 0) is 10.8 Å². The quantitative estimate of drug-likeness (QED) is 0.247. The van der Waals surface area contributed by atoms with Crippen molar-refractivity contribution in [1.82, 2.24) is 0 Å². The normalized spacial score (nSPS) is 20.5. The molecular formula is C27H28Br3N2+. The van der Waals surface area contributed by atoms with Crippen LogP contribution in [0.25, 0.3) is 0 Å². The lowest BCUT2D eigenvalue weighted by Gasteiger charge is -2.23. The molecule has 166 valence electrons. The zero-order valence-electron chi connectivity index (χ0n) is 19.3. The van der Waals surface area contributed by atoms with Crippen LogP contribution in [0, 0.1) is 0 Å². The van der Waals surface area contributed by atoms with E-state index >= 15 is 0 Å². The van der Waals surface area contributed by atoms with E-state index in [1.807, 2.05) is 0 Å². The minimum atomic E-state index is -0.0567. The number of allylic oxidation sites excluding steroid dienone is 6. The van der Waals surface area contributed by atoms with Crippen LogP contribution >= 0.6 is 47.8 Å². The number of benzene rings is 2. The highest BCUT2D eigenvalue weighted by Crippen LogP contribution is 2.47. The van der Waals surface area contributed by atoms with E-state index in [4.69, 9.17) is 0 Å². The third-order valence-corrected chi connectivity index (χ3v) is 8.31. The fourth-order valence-electron chi connectivity index (χ4n) is 4.99.